The third kappa shape index (κ3) is 3.07. The number of aromatic nitrogens is 2. The van der Waals surface area contributed by atoms with E-state index in [2.05, 4.69) is 15.6 Å². The van der Waals surface area contributed by atoms with Crippen LogP contribution in [0.3, 0.4) is 0 Å². The van der Waals surface area contributed by atoms with E-state index in [-0.39, 0.29) is 30.8 Å². The molecule has 4 amide bonds. The summed E-state index contributed by atoms with van der Waals surface area (Å²) < 4.78 is 1.92. The van der Waals surface area contributed by atoms with Crippen molar-refractivity contribution < 1.29 is 14.4 Å². The zero-order valence-corrected chi connectivity index (χ0v) is 15.2. The molecule has 3 heterocycles. The van der Waals surface area contributed by atoms with Crippen molar-refractivity contribution in [2.45, 2.75) is 50.6 Å². The molecule has 1 spiro atoms. The Hall–Kier alpha value is -2.42. The van der Waals surface area contributed by atoms with Crippen LogP contribution < -0.4 is 10.6 Å². The molecule has 2 fully saturated rings. The largest absolute Gasteiger partial charge is 0.350 e. The van der Waals surface area contributed by atoms with Gasteiger partial charge in [-0.05, 0) is 19.3 Å². The highest BCUT2D eigenvalue weighted by atomic mass is 32.1. The highest BCUT2D eigenvalue weighted by Gasteiger charge is 2.51. The van der Waals surface area contributed by atoms with E-state index < -0.39 is 5.54 Å². The number of imidazole rings is 1. The number of fused-ring (bicyclic) bond motifs is 1. The van der Waals surface area contributed by atoms with Crippen molar-refractivity contribution in [2.24, 2.45) is 0 Å². The zero-order chi connectivity index (χ0) is 18.1. The van der Waals surface area contributed by atoms with Crippen molar-refractivity contribution in [3.05, 3.63) is 23.5 Å². The molecule has 1 aliphatic carbocycles. The number of thiazole rings is 1. The summed E-state index contributed by atoms with van der Waals surface area (Å²) in [7, 11) is 0. The Labute approximate surface area is 154 Å². The van der Waals surface area contributed by atoms with Gasteiger partial charge in [-0.1, -0.05) is 12.8 Å². The van der Waals surface area contributed by atoms with E-state index in [4.69, 9.17) is 0 Å². The second kappa shape index (κ2) is 6.71. The van der Waals surface area contributed by atoms with Gasteiger partial charge in [-0.15, -0.1) is 11.3 Å². The Morgan fingerprint density at radius 3 is 2.92 bits per heavy atom. The van der Waals surface area contributed by atoms with E-state index >= 15 is 0 Å². The lowest BCUT2D eigenvalue weighted by atomic mass is 9.98. The van der Waals surface area contributed by atoms with Crippen molar-refractivity contribution in [1.29, 1.82) is 0 Å². The normalized spacial score (nSPS) is 18.8. The molecule has 1 saturated heterocycles. The van der Waals surface area contributed by atoms with E-state index in [1.54, 1.807) is 11.3 Å². The Morgan fingerprint density at radius 1 is 1.35 bits per heavy atom. The summed E-state index contributed by atoms with van der Waals surface area (Å²) in [5, 5.41) is 7.64. The molecule has 2 aromatic rings. The fraction of sp³-hybridized carbons (Fsp3) is 0.529. The first-order valence-electron chi connectivity index (χ1n) is 8.89. The maximum Gasteiger partial charge on any atom is 0.325 e. The van der Waals surface area contributed by atoms with Crippen LogP contribution in [-0.4, -0.2) is 44.2 Å². The average Bonchev–Trinajstić information content (AvgIpc) is 3.35. The molecule has 0 radical (unpaired) electrons. The second-order valence-electron chi connectivity index (χ2n) is 6.88. The molecule has 138 valence electrons. The summed E-state index contributed by atoms with van der Waals surface area (Å²) in [6.07, 6.45) is 7.91. The van der Waals surface area contributed by atoms with Gasteiger partial charge in [0.15, 0.2) is 4.96 Å². The van der Waals surface area contributed by atoms with Crippen LogP contribution in [-0.2, 0) is 16.1 Å². The molecular weight excluding hydrogens is 354 g/mol. The fourth-order valence-corrected chi connectivity index (χ4v) is 4.45. The number of imide groups is 1. The summed E-state index contributed by atoms with van der Waals surface area (Å²) in [5.41, 5.74) is 0.135. The lowest BCUT2D eigenvalue weighted by Gasteiger charge is -2.19. The second-order valence-corrected chi connectivity index (χ2v) is 7.75. The minimum absolute atomic E-state index is 0.107. The first-order chi connectivity index (χ1) is 12.6. The summed E-state index contributed by atoms with van der Waals surface area (Å²) >= 11 is 1.54. The number of rotatable bonds is 6. The molecule has 0 atom stereocenters. The molecule has 2 aromatic heterocycles. The van der Waals surface area contributed by atoms with Gasteiger partial charge in [0.25, 0.3) is 5.91 Å². The molecule has 8 nitrogen and oxygen atoms in total. The van der Waals surface area contributed by atoms with E-state index in [1.807, 2.05) is 22.2 Å². The average molecular weight is 375 g/mol. The lowest BCUT2D eigenvalue weighted by molar-refractivity contribution is -0.131. The third-order valence-electron chi connectivity index (χ3n) is 5.10. The van der Waals surface area contributed by atoms with Crippen LogP contribution >= 0.6 is 11.3 Å². The van der Waals surface area contributed by atoms with Gasteiger partial charge in [0.1, 0.15) is 5.54 Å². The molecule has 9 heteroatoms. The van der Waals surface area contributed by atoms with Gasteiger partial charge in [-0.2, -0.15) is 0 Å². The predicted octanol–water partition coefficient (Wildman–Crippen LogP) is 1.66. The van der Waals surface area contributed by atoms with Gasteiger partial charge in [0.05, 0.1) is 12.2 Å². The number of nitrogens with one attached hydrogen (secondary N) is 2. The van der Waals surface area contributed by atoms with E-state index in [1.165, 1.54) is 4.90 Å². The van der Waals surface area contributed by atoms with Gasteiger partial charge in [0.2, 0.25) is 5.91 Å². The fourth-order valence-electron chi connectivity index (χ4n) is 3.73. The van der Waals surface area contributed by atoms with E-state index in [9.17, 15) is 14.4 Å². The van der Waals surface area contributed by atoms with Gasteiger partial charge < -0.3 is 10.6 Å². The van der Waals surface area contributed by atoms with Crippen LogP contribution in [0.25, 0.3) is 4.96 Å². The number of carbonyl (C=O) groups is 3. The third-order valence-corrected chi connectivity index (χ3v) is 5.87. The van der Waals surface area contributed by atoms with E-state index in [0.717, 1.165) is 36.3 Å². The van der Waals surface area contributed by atoms with Crippen molar-refractivity contribution in [1.82, 2.24) is 24.9 Å². The first kappa shape index (κ1) is 17.0. The standard InChI is InChI=1S/C17H21N5O3S/c23-13(18-10-12-11-21-8-9-26-16(21)19-12)4-3-7-22-14(24)17(20-15(22)25)5-1-2-6-17/h8-9,11H,1-7,10H2,(H,18,23)(H,20,25). The molecule has 2 aliphatic rings. The van der Waals surface area contributed by atoms with Crippen LogP contribution in [0.5, 0.6) is 0 Å². The van der Waals surface area contributed by atoms with Gasteiger partial charge in [0, 0.05) is 30.7 Å². The maximum absolute atomic E-state index is 12.5. The number of amides is 4. The molecule has 0 unspecified atom stereocenters. The topological polar surface area (TPSA) is 95.8 Å². The number of urea groups is 1. The number of hydrogen-bond acceptors (Lipinski definition) is 5. The Balaban J connectivity index is 1.23. The Morgan fingerprint density at radius 2 is 2.15 bits per heavy atom. The highest BCUT2D eigenvalue weighted by Crippen LogP contribution is 2.35. The van der Waals surface area contributed by atoms with Crippen molar-refractivity contribution in [2.75, 3.05) is 6.54 Å². The van der Waals surface area contributed by atoms with Crippen LogP contribution in [0.1, 0.15) is 44.2 Å². The highest BCUT2D eigenvalue weighted by molar-refractivity contribution is 7.15. The number of nitrogens with zero attached hydrogens (tertiary/aromatic N) is 3. The monoisotopic (exact) mass is 375 g/mol. The first-order valence-corrected chi connectivity index (χ1v) is 9.77. The SMILES string of the molecule is O=C(CCCN1C(=O)NC2(CCCC2)C1=O)NCc1cn2ccsc2n1. The van der Waals surface area contributed by atoms with Crippen molar-refractivity contribution in [3.8, 4) is 0 Å². The predicted molar refractivity (Wildman–Crippen MR) is 95.6 cm³/mol. The molecule has 0 aromatic carbocycles. The molecule has 26 heavy (non-hydrogen) atoms. The lowest BCUT2D eigenvalue weighted by Crippen LogP contribution is -2.44. The minimum atomic E-state index is -0.673. The molecule has 0 bridgehead atoms. The summed E-state index contributed by atoms with van der Waals surface area (Å²) in [4.78, 5) is 43.2. The quantitative estimate of drug-likeness (QED) is 0.751. The molecule has 1 aliphatic heterocycles. The Bertz CT molecular complexity index is 823. The smallest absolute Gasteiger partial charge is 0.325 e. The van der Waals surface area contributed by atoms with E-state index in [0.29, 0.717) is 13.0 Å². The van der Waals surface area contributed by atoms with Crippen LogP contribution in [0, 0.1) is 0 Å². The zero-order valence-electron chi connectivity index (χ0n) is 14.4. The van der Waals surface area contributed by atoms with Gasteiger partial charge in [-0.3, -0.25) is 18.9 Å². The molecule has 1 saturated carbocycles. The minimum Gasteiger partial charge on any atom is -0.350 e. The van der Waals surface area contributed by atoms with Crippen molar-refractivity contribution >= 4 is 34.1 Å². The molecular formula is C17H21N5O3S. The molecule has 2 N–H and O–H groups in total. The van der Waals surface area contributed by atoms with Crippen LogP contribution in [0.2, 0.25) is 0 Å². The van der Waals surface area contributed by atoms with Crippen LogP contribution in [0.4, 0.5) is 4.79 Å². The number of hydrogen-bond donors (Lipinski definition) is 2. The summed E-state index contributed by atoms with van der Waals surface area (Å²) in [5.74, 6) is -0.234. The summed E-state index contributed by atoms with van der Waals surface area (Å²) in [6, 6.07) is -0.324. The van der Waals surface area contributed by atoms with Gasteiger partial charge >= 0.3 is 6.03 Å². The van der Waals surface area contributed by atoms with Crippen LogP contribution in [0.15, 0.2) is 17.8 Å². The molecule has 4 rings (SSSR count). The van der Waals surface area contributed by atoms with Gasteiger partial charge in [-0.25, -0.2) is 9.78 Å². The van der Waals surface area contributed by atoms with Crippen molar-refractivity contribution in [3.63, 3.8) is 0 Å². The summed E-state index contributed by atoms with van der Waals surface area (Å²) in [6.45, 7) is 0.652. The maximum atomic E-state index is 12.5. The Kier molecular flexibility index (Phi) is 4.39. The number of carbonyl (C=O) groups excluding carboxylic acids is 3.